The van der Waals surface area contributed by atoms with E-state index < -0.39 is 71.6 Å². The van der Waals surface area contributed by atoms with Crippen LogP contribution in [-0.4, -0.2) is 242 Å². The van der Waals surface area contributed by atoms with Gasteiger partial charge in [0, 0.05) is 164 Å². The van der Waals surface area contributed by atoms with Gasteiger partial charge in [-0.05, 0) is 48.5 Å². The van der Waals surface area contributed by atoms with Crippen LogP contribution in [0.1, 0.15) is 89.6 Å². The number of carbonyl (C=O) groups excluding carboxylic acids is 12. The smallest absolute Gasteiger partial charge is 0.412 e. The van der Waals surface area contributed by atoms with Crippen LogP contribution in [0.2, 0.25) is 20.1 Å². The van der Waals surface area contributed by atoms with Crippen LogP contribution in [0.15, 0.2) is 123 Å². The topological polar surface area (TPSA) is 470 Å². The Kier molecular flexibility index (Phi) is 26.7. The lowest BCUT2D eigenvalue weighted by Crippen LogP contribution is -2.51. The summed E-state index contributed by atoms with van der Waals surface area (Å²) in [6, 6.07) is 12.3. The molecule has 0 aliphatic carbocycles. The third-order valence-corrected chi connectivity index (χ3v) is 17.5. The fraction of sp³-hybridized carbons (Fsp3) is 0.273. The molecule has 580 valence electrons. The van der Waals surface area contributed by atoms with Gasteiger partial charge in [0.2, 0.25) is 48.5 Å². The van der Waals surface area contributed by atoms with Gasteiger partial charge in [0.1, 0.15) is 59.1 Å². The molecular formula is C66H58Cl6N24O16. The largest absolute Gasteiger partial charge is 0.423 e. The van der Waals surface area contributed by atoms with Crippen LogP contribution < -0.4 is 40.9 Å². The van der Waals surface area contributed by atoms with Crippen LogP contribution in [0.3, 0.4) is 0 Å². The number of anilines is 4. The summed E-state index contributed by atoms with van der Waals surface area (Å²) in [6.45, 7) is 5.61. The molecule has 8 aliphatic heterocycles. The number of hydrogen-bond donors (Lipinski definition) is 4. The van der Waals surface area contributed by atoms with E-state index in [1.165, 1.54) is 123 Å². The number of fused-ring (bicyclic) bond motifs is 4. The fourth-order valence-electron chi connectivity index (χ4n) is 11.0. The molecule has 4 fully saturated rings. The van der Waals surface area contributed by atoms with E-state index in [1.54, 1.807) is 36.2 Å². The average Bonchev–Trinajstić information content (AvgIpc) is 1.64. The Morgan fingerprint density at radius 3 is 0.991 bits per heavy atom. The summed E-state index contributed by atoms with van der Waals surface area (Å²) < 4.78 is 21.0. The normalized spacial score (nSPS) is 18.5. The number of carbonyl (C=O) groups is 12. The number of halogens is 6. The SMILES string of the molecule is CN1CCN(C(=O)OC2c3nccnc3C(=O)N2c2ccc(Cl)cn2)CC1=O.CN1CCNCC1=O.O=C(Cl)OC1c2nccnc2C(=O)N1c1ccc(Cl)cn1.O=C(Cl)OC1c2nccnc2C(=O)N1c1ccc(Cl)cn1.O=C1CN(C(=O)OC2c3nccnc3C(=O)N2c2ccc(Cl)cn2)CCN1.O=C1CNCCN1. The molecule has 0 spiro atoms. The molecule has 112 heavy (non-hydrogen) atoms. The highest BCUT2D eigenvalue weighted by atomic mass is 35.5. The lowest BCUT2D eigenvalue weighted by atomic mass is 10.3. The number of pyridine rings is 4. The maximum absolute atomic E-state index is 12.8. The molecule has 4 atom stereocenters. The molecule has 8 aromatic heterocycles. The third-order valence-electron chi connectivity index (χ3n) is 16.4. The van der Waals surface area contributed by atoms with Crippen molar-refractivity contribution in [2.24, 2.45) is 0 Å². The van der Waals surface area contributed by atoms with Gasteiger partial charge in [-0.25, -0.2) is 78.6 Å². The highest BCUT2D eigenvalue weighted by molar-refractivity contribution is 6.61. The Morgan fingerprint density at radius 1 is 0.366 bits per heavy atom. The van der Waals surface area contributed by atoms with Gasteiger partial charge >= 0.3 is 23.0 Å². The second-order valence-corrected chi connectivity index (χ2v) is 26.0. The van der Waals surface area contributed by atoms with E-state index in [-0.39, 0.29) is 106 Å². The Morgan fingerprint density at radius 2 is 0.705 bits per heavy atom. The van der Waals surface area contributed by atoms with Crippen LogP contribution >= 0.6 is 69.6 Å². The zero-order valence-electron chi connectivity index (χ0n) is 58.1. The summed E-state index contributed by atoms with van der Waals surface area (Å²) in [5.41, 5.74) is -1.01. The molecule has 10 amide bonds. The average molecular weight is 1660 g/mol. The molecule has 8 aliphatic rings. The molecule has 0 aromatic carbocycles. The number of ether oxygens (including phenoxy) is 4. The van der Waals surface area contributed by atoms with Gasteiger partial charge in [-0.2, -0.15) is 0 Å². The zero-order valence-corrected chi connectivity index (χ0v) is 62.6. The number of piperazine rings is 4. The van der Waals surface area contributed by atoms with Crippen molar-refractivity contribution in [3.05, 3.63) is 189 Å². The quantitative estimate of drug-likeness (QED) is 0.118. The van der Waals surface area contributed by atoms with Crippen molar-refractivity contribution in [1.29, 1.82) is 0 Å². The highest BCUT2D eigenvalue weighted by Gasteiger charge is 2.48. The van der Waals surface area contributed by atoms with E-state index in [4.69, 9.17) is 88.6 Å². The molecule has 4 unspecified atom stereocenters. The minimum atomic E-state index is -1.15. The maximum Gasteiger partial charge on any atom is 0.412 e. The summed E-state index contributed by atoms with van der Waals surface area (Å²) in [5, 5.41) is 12.8. The van der Waals surface area contributed by atoms with Crippen LogP contribution in [0.25, 0.3) is 0 Å². The maximum atomic E-state index is 12.8. The number of hydrogen-bond acceptors (Lipinski definition) is 30. The van der Waals surface area contributed by atoms with E-state index in [0.29, 0.717) is 59.4 Å². The predicted molar refractivity (Wildman–Crippen MR) is 391 cm³/mol. The van der Waals surface area contributed by atoms with E-state index in [0.717, 1.165) is 36.0 Å². The lowest BCUT2D eigenvalue weighted by Gasteiger charge is -2.32. The number of likely N-dealkylation sites (N-methyl/N-ethyl adjacent to an activating group) is 2. The molecule has 16 rings (SSSR count). The van der Waals surface area contributed by atoms with Gasteiger partial charge in [-0.1, -0.05) is 46.4 Å². The van der Waals surface area contributed by atoms with E-state index in [1.807, 2.05) is 7.05 Å². The molecule has 40 nitrogen and oxygen atoms in total. The molecule has 0 bridgehead atoms. The fourth-order valence-corrected chi connectivity index (χ4v) is 11.6. The molecule has 0 radical (unpaired) electrons. The van der Waals surface area contributed by atoms with Crippen LogP contribution in [0.5, 0.6) is 0 Å². The van der Waals surface area contributed by atoms with Crippen molar-refractivity contribution in [2.75, 3.05) is 112 Å². The summed E-state index contributed by atoms with van der Waals surface area (Å²) in [7, 11) is 3.49. The number of nitrogens with zero attached hydrogens (tertiary/aromatic N) is 20. The lowest BCUT2D eigenvalue weighted by molar-refractivity contribution is -0.134. The first-order valence-corrected chi connectivity index (χ1v) is 35.2. The second-order valence-electron chi connectivity index (χ2n) is 23.6. The number of amides is 10. The van der Waals surface area contributed by atoms with Crippen LogP contribution in [0.4, 0.5) is 42.4 Å². The molecular weight excluding hydrogens is 1600 g/mol. The monoisotopic (exact) mass is 1650 g/mol. The molecule has 46 heteroatoms. The molecule has 4 saturated heterocycles. The summed E-state index contributed by atoms with van der Waals surface area (Å²) in [4.78, 5) is 201. The van der Waals surface area contributed by atoms with Crippen LogP contribution in [-0.2, 0) is 38.1 Å². The number of nitrogens with one attached hydrogen (secondary N) is 4. The van der Waals surface area contributed by atoms with Crippen molar-refractivity contribution < 1.29 is 76.5 Å². The first-order chi connectivity index (χ1) is 53.8. The molecule has 4 N–H and O–H groups in total. The highest BCUT2D eigenvalue weighted by Crippen LogP contribution is 2.40. The predicted octanol–water partition coefficient (Wildman–Crippen LogP) is 4.72. The molecule has 16 heterocycles. The summed E-state index contributed by atoms with van der Waals surface area (Å²) in [5.74, 6) is -1.19. The molecule has 8 aromatic rings. The first kappa shape index (κ1) is 80.8. The van der Waals surface area contributed by atoms with Crippen molar-refractivity contribution in [3.8, 4) is 0 Å². The first-order valence-electron chi connectivity index (χ1n) is 33.0. The minimum absolute atomic E-state index is 0.0726. The summed E-state index contributed by atoms with van der Waals surface area (Å²) in [6.07, 6.45) is 10.6. The van der Waals surface area contributed by atoms with Gasteiger partial charge in [0.05, 0.1) is 33.2 Å². The van der Waals surface area contributed by atoms with Crippen molar-refractivity contribution in [3.63, 3.8) is 0 Å². The Balaban J connectivity index is 0.000000139. The van der Waals surface area contributed by atoms with Crippen LogP contribution in [0, 0.1) is 0 Å². The Hall–Kier alpha value is -12.2. The Labute approximate surface area is 662 Å². The summed E-state index contributed by atoms with van der Waals surface area (Å²) >= 11 is 33.8. The standard InChI is InChI=1S/C17H15ClN6O4.C16H13ClN6O4.2C12H6Cl2N4O3.C5H10N2O.C4H8N2O/c1-22-6-7-23(9-12(22)25)17(27)28-16-14-13(19-4-5-20-14)15(26)24(16)11-3-2-10(18)8-21-11;17-9-1-2-10(21-7-9)23-14(25)12-13(20-4-3-19-12)15(23)27-16(26)22-6-5-18-11(24)8-22;2*13-6-1-2-7(17-5-6)18-10(19)8-9(16-4-3-15-8)11(18)21-12(14)20;1-7-3-2-6-4-5(7)8;7-4-3-5-1-2-6-4/h2-5,8,16H,6-7,9H2,1H3;1-4,7,15H,5-6,8H2,(H,18,24);2*1-5,11H;6H,2-4H2,1H3;5H,1-3H2,(H,6,7). The van der Waals surface area contributed by atoms with E-state index in [2.05, 4.69) is 81.1 Å². The van der Waals surface area contributed by atoms with Crippen molar-refractivity contribution in [1.82, 2.24) is 101 Å². The van der Waals surface area contributed by atoms with Gasteiger partial charge in [0.15, 0.2) is 22.8 Å². The van der Waals surface area contributed by atoms with Crippen molar-refractivity contribution in [2.45, 2.75) is 24.9 Å². The van der Waals surface area contributed by atoms with Gasteiger partial charge in [0.25, 0.3) is 23.6 Å². The second kappa shape index (κ2) is 37.0. The number of rotatable bonds is 8. The Bertz CT molecular complexity index is 4770. The van der Waals surface area contributed by atoms with Gasteiger partial charge < -0.3 is 50.0 Å². The zero-order chi connectivity index (χ0) is 79.9. The number of aromatic nitrogens is 12. The van der Waals surface area contributed by atoms with Gasteiger partial charge in [-0.15, -0.1) is 0 Å². The van der Waals surface area contributed by atoms with Crippen molar-refractivity contribution >= 4 is 163 Å². The van der Waals surface area contributed by atoms with Gasteiger partial charge in [-0.3, -0.25) is 68.1 Å². The minimum Gasteiger partial charge on any atom is -0.423 e. The third kappa shape index (κ3) is 19.3. The van der Waals surface area contributed by atoms with E-state index >= 15 is 0 Å². The molecule has 0 saturated carbocycles. The van der Waals surface area contributed by atoms with E-state index in [9.17, 15) is 57.5 Å².